The van der Waals surface area contributed by atoms with Crippen LogP contribution in [-0.2, 0) is 0 Å². The number of methoxy groups -OCH3 is 1. The van der Waals surface area contributed by atoms with Crippen molar-refractivity contribution in [2.24, 2.45) is 10.9 Å². The largest absolute Gasteiger partial charge is 0.493 e. The second kappa shape index (κ2) is 12.5. The van der Waals surface area contributed by atoms with Crippen molar-refractivity contribution in [1.82, 2.24) is 20.4 Å². The summed E-state index contributed by atoms with van der Waals surface area (Å²) in [6.45, 7) is 14.4. The summed E-state index contributed by atoms with van der Waals surface area (Å²) in [5.74, 6) is 2.87. The van der Waals surface area contributed by atoms with Gasteiger partial charge in [-0.3, -0.25) is 4.99 Å². The van der Waals surface area contributed by atoms with Gasteiger partial charge in [-0.05, 0) is 38.9 Å². The van der Waals surface area contributed by atoms with Gasteiger partial charge in [-0.15, -0.1) is 0 Å². The fourth-order valence-electron chi connectivity index (χ4n) is 3.33. The zero-order chi connectivity index (χ0) is 21.1. The van der Waals surface area contributed by atoms with Crippen LogP contribution in [0.5, 0.6) is 11.5 Å². The Morgan fingerprint density at radius 2 is 1.79 bits per heavy atom. The Balaban J connectivity index is 1.78. The Labute approximate surface area is 176 Å². The number of likely N-dealkylation sites (N-methyl/N-ethyl adjacent to an activating group) is 1. The van der Waals surface area contributed by atoms with E-state index in [1.54, 1.807) is 7.11 Å². The summed E-state index contributed by atoms with van der Waals surface area (Å²) >= 11 is 0. The molecule has 2 unspecified atom stereocenters. The minimum Gasteiger partial charge on any atom is -0.493 e. The quantitative estimate of drug-likeness (QED) is 0.458. The van der Waals surface area contributed by atoms with Crippen molar-refractivity contribution < 1.29 is 9.47 Å². The number of aliphatic imine (C=N–C) groups is 1. The molecule has 29 heavy (non-hydrogen) atoms. The smallest absolute Gasteiger partial charge is 0.191 e. The second-order valence-electron chi connectivity index (χ2n) is 7.89. The average Bonchev–Trinajstić information content (AvgIpc) is 2.72. The van der Waals surface area contributed by atoms with Crippen LogP contribution in [0.2, 0.25) is 0 Å². The third-order valence-corrected chi connectivity index (χ3v) is 5.03. The maximum absolute atomic E-state index is 6.02. The molecule has 1 fully saturated rings. The van der Waals surface area contributed by atoms with Gasteiger partial charge < -0.3 is 29.9 Å². The zero-order valence-electron chi connectivity index (χ0n) is 18.8. The molecule has 0 bridgehead atoms. The van der Waals surface area contributed by atoms with Crippen molar-refractivity contribution in [3.8, 4) is 11.5 Å². The van der Waals surface area contributed by atoms with E-state index >= 15 is 0 Å². The molecule has 1 aromatic rings. The number of guanidine groups is 1. The lowest BCUT2D eigenvalue weighted by molar-refractivity contribution is 0.140. The first-order valence-electron chi connectivity index (χ1n) is 10.7. The summed E-state index contributed by atoms with van der Waals surface area (Å²) in [6, 6.07) is 7.72. The molecule has 1 aliphatic rings. The molecule has 7 heteroatoms. The van der Waals surface area contributed by atoms with Gasteiger partial charge in [-0.25, -0.2) is 0 Å². The molecular weight excluding hydrogens is 366 g/mol. The Kier molecular flexibility index (Phi) is 10.1. The van der Waals surface area contributed by atoms with Crippen LogP contribution in [0.25, 0.3) is 0 Å². The summed E-state index contributed by atoms with van der Waals surface area (Å²) in [6.07, 6.45) is -0.0158. The summed E-state index contributed by atoms with van der Waals surface area (Å²) in [7, 11) is 3.85. The van der Waals surface area contributed by atoms with Crippen LogP contribution in [0.15, 0.2) is 29.3 Å². The first-order chi connectivity index (χ1) is 14.0. The summed E-state index contributed by atoms with van der Waals surface area (Å²) in [4.78, 5) is 9.72. The number of hydrogen-bond donors (Lipinski definition) is 2. The zero-order valence-corrected chi connectivity index (χ0v) is 18.8. The van der Waals surface area contributed by atoms with Crippen molar-refractivity contribution in [2.75, 3.05) is 66.5 Å². The molecule has 2 rings (SSSR count). The van der Waals surface area contributed by atoms with Gasteiger partial charge in [0.05, 0.1) is 13.7 Å². The van der Waals surface area contributed by atoms with Crippen LogP contribution < -0.4 is 20.1 Å². The van der Waals surface area contributed by atoms with Crippen molar-refractivity contribution in [3.05, 3.63) is 24.3 Å². The number of para-hydroxylation sites is 2. The monoisotopic (exact) mass is 405 g/mol. The van der Waals surface area contributed by atoms with Gasteiger partial charge >= 0.3 is 0 Å². The first kappa shape index (κ1) is 23.3. The van der Waals surface area contributed by atoms with E-state index in [0.29, 0.717) is 12.5 Å². The maximum Gasteiger partial charge on any atom is 0.191 e. The normalized spacial score (nSPS) is 18.2. The third-order valence-electron chi connectivity index (χ3n) is 5.03. The Hall–Kier alpha value is -1.99. The summed E-state index contributed by atoms with van der Waals surface area (Å²) in [5.41, 5.74) is 0. The van der Waals surface area contributed by atoms with Crippen molar-refractivity contribution >= 4 is 5.96 Å². The summed E-state index contributed by atoms with van der Waals surface area (Å²) < 4.78 is 11.4. The number of hydrogen-bond acceptors (Lipinski definition) is 5. The molecule has 7 nitrogen and oxygen atoms in total. The molecular formula is C22H39N5O2. The van der Waals surface area contributed by atoms with Gasteiger partial charge in [0.15, 0.2) is 17.5 Å². The van der Waals surface area contributed by atoms with Crippen LogP contribution in [0.3, 0.4) is 0 Å². The Morgan fingerprint density at radius 3 is 2.45 bits per heavy atom. The molecule has 2 atom stereocenters. The minimum atomic E-state index is -0.0158. The van der Waals surface area contributed by atoms with Gasteiger partial charge in [-0.2, -0.15) is 0 Å². The third kappa shape index (κ3) is 8.50. The number of nitrogens with one attached hydrogen (secondary N) is 2. The van der Waals surface area contributed by atoms with Crippen molar-refractivity contribution in [2.45, 2.75) is 26.9 Å². The van der Waals surface area contributed by atoms with E-state index in [4.69, 9.17) is 14.5 Å². The van der Waals surface area contributed by atoms with E-state index in [2.05, 4.69) is 41.3 Å². The van der Waals surface area contributed by atoms with Gasteiger partial charge in [-0.1, -0.05) is 19.1 Å². The summed E-state index contributed by atoms with van der Waals surface area (Å²) in [5, 5.41) is 6.72. The van der Waals surface area contributed by atoms with Crippen LogP contribution >= 0.6 is 0 Å². The number of ether oxygens (including phenoxy) is 2. The van der Waals surface area contributed by atoms with E-state index in [9.17, 15) is 0 Å². The molecule has 1 aliphatic heterocycles. The predicted octanol–water partition coefficient (Wildman–Crippen LogP) is 1.90. The van der Waals surface area contributed by atoms with E-state index in [-0.39, 0.29) is 6.10 Å². The van der Waals surface area contributed by atoms with E-state index in [1.165, 1.54) is 0 Å². The van der Waals surface area contributed by atoms with Crippen LogP contribution in [0.4, 0.5) is 0 Å². The number of piperazine rings is 1. The van der Waals surface area contributed by atoms with E-state index in [0.717, 1.165) is 63.3 Å². The standard InChI is InChI=1S/C22H39N5O2/c1-6-23-22(24-15-18(2)17-27-13-11-26(4)12-14-27)25-16-19(3)29-21-10-8-7-9-20(21)28-5/h7-10,18-19H,6,11-17H2,1-5H3,(H2,23,24,25). The second-order valence-corrected chi connectivity index (χ2v) is 7.89. The van der Waals surface area contributed by atoms with Crippen molar-refractivity contribution in [1.29, 1.82) is 0 Å². The molecule has 1 aromatic carbocycles. The number of benzene rings is 1. The number of nitrogens with zero attached hydrogens (tertiary/aromatic N) is 3. The maximum atomic E-state index is 6.02. The van der Waals surface area contributed by atoms with Gasteiger partial charge in [0, 0.05) is 45.8 Å². The molecule has 0 aromatic heterocycles. The first-order valence-corrected chi connectivity index (χ1v) is 10.7. The van der Waals surface area contributed by atoms with Crippen molar-refractivity contribution in [3.63, 3.8) is 0 Å². The van der Waals surface area contributed by atoms with Gasteiger partial charge in [0.2, 0.25) is 0 Å². The molecule has 0 spiro atoms. The topological polar surface area (TPSA) is 61.4 Å². The molecule has 0 saturated carbocycles. The minimum absolute atomic E-state index is 0.0158. The predicted molar refractivity (Wildman–Crippen MR) is 120 cm³/mol. The lowest BCUT2D eigenvalue weighted by Gasteiger charge is -2.33. The van der Waals surface area contributed by atoms with Gasteiger partial charge in [0.1, 0.15) is 6.10 Å². The van der Waals surface area contributed by atoms with Crippen LogP contribution in [-0.4, -0.2) is 88.4 Å². The SMILES string of the molecule is CCNC(=NCC(C)CN1CCN(C)CC1)NCC(C)Oc1ccccc1OC. The molecule has 1 saturated heterocycles. The highest BCUT2D eigenvalue weighted by Crippen LogP contribution is 2.26. The highest BCUT2D eigenvalue weighted by Gasteiger charge is 2.16. The molecule has 1 heterocycles. The lowest BCUT2D eigenvalue weighted by atomic mass is 10.1. The van der Waals surface area contributed by atoms with Gasteiger partial charge in [0.25, 0.3) is 0 Å². The lowest BCUT2D eigenvalue weighted by Crippen LogP contribution is -2.46. The fraction of sp³-hybridized carbons (Fsp3) is 0.682. The van der Waals surface area contributed by atoms with Crippen LogP contribution in [0.1, 0.15) is 20.8 Å². The molecule has 0 radical (unpaired) electrons. The highest BCUT2D eigenvalue weighted by atomic mass is 16.5. The fourth-order valence-corrected chi connectivity index (χ4v) is 3.33. The Morgan fingerprint density at radius 1 is 1.10 bits per heavy atom. The van der Waals surface area contributed by atoms with Crippen LogP contribution in [0, 0.1) is 5.92 Å². The molecule has 164 valence electrons. The Bertz CT molecular complexity index is 617. The van der Waals surface area contributed by atoms with E-state index < -0.39 is 0 Å². The highest BCUT2D eigenvalue weighted by molar-refractivity contribution is 5.79. The molecule has 0 aliphatic carbocycles. The molecule has 0 amide bonds. The average molecular weight is 406 g/mol. The van der Waals surface area contributed by atoms with E-state index in [1.807, 2.05) is 31.2 Å². The molecule has 2 N–H and O–H groups in total. The number of rotatable bonds is 10.